The van der Waals surface area contributed by atoms with Crippen molar-refractivity contribution in [2.75, 3.05) is 0 Å². The molecule has 0 atom stereocenters. The number of hydrogen-bond donors (Lipinski definition) is 1. The van der Waals surface area contributed by atoms with Gasteiger partial charge in [0.2, 0.25) is 5.78 Å². The predicted molar refractivity (Wildman–Crippen MR) is 44.3 cm³/mol. The Labute approximate surface area is 75.7 Å². The van der Waals surface area contributed by atoms with Gasteiger partial charge in [-0.05, 0) is 6.42 Å². The van der Waals surface area contributed by atoms with Crippen molar-refractivity contribution in [3.63, 3.8) is 0 Å². The lowest BCUT2D eigenvalue weighted by molar-refractivity contribution is -0.152. The van der Waals surface area contributed by atoms with Gasteiger partial charge in [-0.2, -0.15) is 0 Å². The van der Waals surface area contributed by atoms with E-state index in [0.29, 0.717) is 6.42 Å². The highest BCUT2D eigenvalue weighted by molar-refractivity contribution is 6.61. The van der Waals surface area contributed by atoms with Crippen molar-refractivity contribution in [2.24, 2.45) is 0 Å². The first kappa shape index (κ1) is 14.0. The number of unbranched alkanes of at least 4 members (excludes halogenated alkanes) is 1. The summed E-state index contributed by atoms with van der Waals surface area (Å²) in [6.07, 6.45) is 1.39. The van der Waals surface area contributed by atoms with E-state index in [1.807, 2.05) is 13.7 Å². The molecule has 0 fully saturated rings. The first-order chi connectivity index (χ1) is 6.09. The number of carbonyl (C=O) groups excluding carboxylic acids is 3. The maximum absolute atomic E-state index is 10.6. The number of aliphatic carboxylic acids is 1. The third-order valence-corrected chi connectivity index (χ3v) is 1.20. The van der Waals surface area contributed by atoms with Crippen LogP contribution < -0.4 is 0 Å². The zero-order valence-corrected chi connectivity index (χ0v) is 7.41. The van der Waals surface area contributed by atoms with Crippen LogP contribution in [0.5, 0.6) is 0 Å². The molecular weight excluding hydrogens is 176 g/mol. The van der Waals surface area contributed by atoms with Crippen molar-refractivity contribution in [1.29, 1.82) is 0 Å². The van der Waals surface area contributed by atoms with Crippen molar-refractivity contribution in [2.45, 2.75) is 26.2 Å². The summed E-state index contributed by atoms with van der Waals surface area (Å²) >= 11 is 0. The third kappa shape index (κ3) is 6.86. The Balaban J connectivity index is 0. The molecule has 0 aromatic heterocycles. The van der Waals surface area contributed by atoms with E-state index in [1.54, 1.807) is 0 Å². The largest absolute Gasteiger partial charge is 0.475 e. The van der Waals surface area contributed by atoms with E-state index in [0.717, 1.165) is 6.42 Å². The second kappa shape index (κ2) is 8.58. The molecule has 0 aromatic rings. The van der Waals surface area contributed by atoms with Gasteiger partial charge >= 0.3 is 11.8 Å². The van der Waals surface area contributed by atoms with Crippen molar-refractivity contribution < 1.29 is 24.3 Å². The van der Waals surface area contributed by atoms with Crippen LogP contribution in [0.3, 0.4) is 0 Å². The Morgan fingerprint density at radius 1 is 1.23 bits per heavy atom. The van der Waals surface area contributed by atoms with Crippen molar-refractivity contribution in [3.8, 4) is 0 Å². The number of carboxylic acids is 1. The summed E-state index contributed by atoms with van der Waals surface area (Å²) in [5, 5.41) is 8.08. The van der Waals surface area contributed by atoms with E-state index < -0.39 is 17.5 Å². The number of hydrogen-bond acceptors (Lipinski definition) is 4. The summed E-state index contributed by atoms with van der Waals surface area (Å²) < 4.78 is 0. The number of carbonyl (C=O) groups is 4. The van der Waals surface area contributed by atoms with Crippen LogP contribution in [0.25, 0.3) is 0 Å². The molecule has 1 N–H and O–H groups in total. The lowest BCUT2D eigenvalue weighted by Gasteiger charge is -1.92. The molecule has 74 valence electrons. The zero-order chi connectivity index (χ0) is 10.9. The highest BCUT2D eigenvalue weighted by Gasteiger charge is 2.20. The molecule has 0 amide bonds. The lowest BCUT2D eigenvalue weighted by Crippen LogP contribution is -2.22. The minimum atomic E-state index is -1.66. The van der Waals surface area contributed by atoms with Gasteiger partial charge in [0.15, 0.2) is 0 Å². The first-order valence-corrected chi connectivity index (χ1v) is 3.69. The van der Waals surface area contributed by atoms with Gasteiger partial charge in [-0.3, -0.25) is 9.59 Å². The van der Waals surface area contributed by atoms with Crippen LogP contribution in [0, 0.1) is 0 Å². The van der Waals surface area contributed by atoms with Crippen molar-refractivity contribution in [3.05, 3.63) is 0 Å². The van der Waals surface area contributed by atoms with Gasteiger partial charge in [0.1, 0.15) is 6.79 Å². The highest BCUT2D eigenvalue weighted by atomic mass is 16.4. The topological polar surface area (TPSA) is 88.5 Å². The van der Waals surface area contributed by atoms with Gasteiger partial charge in [-0.1, -0.05) is 13.3 Å². The Morgan fingerprint density at radius 2 is 1.69 bits per heavy atom. The van der Waals surface area contributed by atoms with Crippen LogP contribution in [-0.4, -0.2) is 29.4 Å². The minimum absolute atomic E-state index is 0.0433. The first-order valence-electron chi connectivity index (χ1n) is 3.69. The molecule has 0 rings (SSSR count). The lowest BCUT2D eigenvalue weighted by atomic mass is 10.1. The number of ketones is 2. The average Bonchev–Trinajstić information content (AvgIpc) is 2.16. The average molecular weight is 188 g/mol. The molecular formula is C8H12O5. The van der Waals surface area contributed by atoms with Gasteiger partial charge in [-0.15, -0.1) is 0 Å². The highest BCUT2D eigenvalue weighted by Crippen LogP contribution is 1.95. The maximum Gasteiger partial charge on any atom is 0.380 e. The predicted octanol–water partition coefficient (Wildman–Crippen LogP) is 0.214. The second-order valence-electron chi connectivity index (χ2n) is 2.16. The SMILES string of the molecule is C=O.CCCCC(=O)C(=O)C(=O)O. The van der Waals surface area contributed by atoms with E-state index in [4.69, 9.17) is 9.90 Å². The fraction of sp³-hybridized carbons (Fsp3) is 0.500. The third-order valence-electron chi connectivity index (χ3n) is 1.20. The fourth-order valence-electron chi connectivity index (χ4n) is 0.570. The summed E-state index contributed by atoms with van der Waals surface area (Å²) in [6.45, 7) is 3.86. The van der Waals surface area contributed by atoms with Gasteiger partial charge in [-0.25, -0.2) is 4.79 Å². The molecule has 0 saturated carbocycles. The number of rotatable bonds is 5. The molecule has 0 saturated heterocycles. The zero-order valence-electron chi connectivity index (χ0n) is 7.41. The quantitative estimate of drug-likeness (QED) is 0.492. The van der Waals surface area contributed by atoms with E-state index in [1.165, 1.54) is 0 Å². The Hall–Kier alpha value is -1.52. The van der Waals surface area contributed by atoms with Crippen LogP contribution in [-0.2, 0) is 19.2 Å². The molecule has 13 heavy (non-hydrogen) atoms. The molecule has 0 heterocycles. The number of carboxylic acid groups (broad SMARTS) is 1. The second-order valence-corrected chi connectivity index (χ2v) is 2.16. The van der Waals surface area contributed by atoms with Crippen LogP contribution in [0.2, 0.25) is 0 Å². The summed E-state index contributed by atoms with van der Waals surface area (Å²) in [4.78, 5) is 38.9. The van der Waals surface area contributed by atoms with Crippen LogP contribution in [0.15, 0.2) is 0 Å². The molecule has 0 radical (unpaired) electrons. The summed E-state index contributed by atoms with van der Waals surface area (Å²) in [6, 6.07) is 0. The standard InChI is InChI=1S/C7H10O4.CH2O/c1-2-3-4-5(8)6(9)7(10)11;1-2/h2-4H2,1H3,(H,10,11);1H2. The fourth-order valence-corrected chi connectivity index (χ4v) is 0.570. The number of Topliss-reactive ketones (excluding diaryl/α,β-unsaturated/α-hetero) is 2. The molecule has 0 aromatic carbocycles. The van der Waals surface area contributed by atoms with E-state index in [9.17, 15) is 14.4 Å². The molecule has 0 bridgehead atoms. The molecule has 5 nitrogen and oxygen atoms in total. The maximum atomic E-state index is 10.6. The molecule has 5 heteroatoms. The smallest absolute Gasteiger partial charge is 0.380 e. The van der Waals surface area contributed by atoms with Gasteiger partial charge < -0.3 is 9.90 Å². The van der Waals surface area contributed by atoms with E-state index in [-0.39, 0.29) is 6.42 Å². The van der Waals surface area contributed by atoms with Crippen LogP contribution in [0.4, 0.5) is 0 Å². The molecule has 0 aliphatic carbocycles. The van der Waals surface area contributed by atoms with Gasteiger partial charge in [0.25, 0.3) is 0 Å². The Kier molecular flexibility index (Phi) is 9.25. The minimum Gasteiger partial charge on any atom is -0.475 e. The summed E-state index contributed by atoms with van der Waals surface area (Å²) in [5.74, 6) is -3.77. The molecule has 0 unspecified atom stereocenters. The normalized spacial score (nSPS) is 8.08. The molecule has 0 aliphatic heterocycles. The monoisotopic (exact) mass is 188 g/mol. The van der Waals surface area contributed by atoms with E-state index in [2.05, 4.69) is 0 Å². The van der Waals surface area contributed by atoms with Crippen LogP contribution >= 0.6 is 0 Å². The summed E-state index contributed by atoms with van der Waals surface area (Å²) in [5.41, 5.74) is 0. The molecule has 0 aliphatic rings. The van der Waals surface area contributed by atoms with Crippen LogP contribution in [0.1, 0.15) is 26.2 Å². The Morgan fingerprint density at radius 3 is 2.00 bits per heavy atom. The Bertz CT molecular complexity index is 197. The van der Waals surface area contributed by atoms with Crippen molar-refractivity contribution >= 4 is 24.3 Å². The van der Waals surface area contributed by atoms with Gasteiger partial charge in [0, 0.05) is 6.42 Å². The van der Waals surface area contributed by atoms with Gasteiger partial charge in [0.05, 0.1) is 0 Å². The van der Waals surface area contributed by atoms with Crippen molar-refractivity contribution in [1.82, 2.24) is 0 Å². The van der Waals surface area contributed by atoms with E-state index >= 15 is 0 Å². The molecule has 0 spiro atoms. The summed E-state index contributed by atoms with van der Waals surface area (Å²) in [7, 11) is 0.